The average Bonchev–Trinajstić information content (AvgIpc) is 2.82. The molecule has 3 aromatic carbocycles. The lowest BCUT2D eigenvalue weighted by Gasteiger charge is -2.13. The van der Waals surface area contributed by atoms with Crippen LogP contribution in [0.15, 0.2) is 85.1 Å². The minimum absolute atomic E-state index is 0.0541. The van der Waals surface area contributed by atoms with Crippen LogP contribution in [0.1, 0.15) is 16.7 Å². The monoisotopic (exact) mass is 412 g/mol. The van der Waals surface area contributed by atoms with Crippen LogP contribution >= 0.6 is 0 Å². The molecule has 4 aromatic rings. The molecule has 0 unspecified atom stereocenters. The molecule has 0 atom stereocenters. The summed E-state index contributed by atoms with van der Waals surface area (Å²) in [6, 6.07) is 25.4. The highest BCUT2D eigenvalue weighted by Gasteiger charge is 2.10. The van der Waals surface area contributed by atoms with Gasteiger partial charge < -0.3 is 14.8 Å². The summed E-state index contributed by atoms with van der Waals surface area (Å²) in [6.07, 6.45) is 2.03. The molecule has 5 nitrogen and oxygen atoms in total. The molecule has 0 saturated carbocycles. The summed E-state index contributed by atoms with van der Waals surface area (Å²) in [5, 5.41) is 4.01. The third-order valence-electron chi connectivity index (χ3n) is 5.02. The van der Waals surface area contributed by atoms with E-state index in [9.17, 15) is 4.79 Å². The zero-order chi connectivity index (χ0) is 21.5. The molecule has 0 aliphatic carbocycles. The molecule has 0 aliphatic heterocycles. The maximum absolute atomic E-state index is 12.5. The van der Waals surface area contributed by atoms with Crippen molar-refractivity contribution in [2.24, 2.45) is 0 Å². The zero-order valence-electron chi connectivity index (χ0n) is 17.4. The maximum Gasteiger partial charge on any atom is 0.224 e. The predicted octanol–water partition coefficient (Wildman–Crippen LogP) is 4.68. The Morgan fingerprint density at radius 3 is 2.58 bits per heavy atom. The molecule has 0 aliphatic rings. The van der Waals surface area contributed by atoms with Gasteiger partial charge in [-0.2, -0.15) is 0 Å². The van der Waals surface area contributed by atoms with Crippen LogP contribution in [0.25, 0.3) is 10.9 Å². The van der Waals surface area contributed by atoms with Crippen molar-refractivity contribution in [3.63, 3.8) is 0 Å². The molecule has 1 heterocycles. The fourth-order valence-electron chi connectivity index (χ4n) is 3.42. The number of methoxy groups -OCH3 is 1. The van der Waals surface area contributed by atoms with Crippen LogP contribution in [0.2, 0.25) is 0 Å². The van der Waals surface area contributed by atoms with Gasteiger partial charge in [0.2, 0.25) is 5.91 Å². The SMILES string of the molecule is COc1cc(CNC(=O)Cc2cccc3cccnc23)ccc1OCc1ccccc1. The standard InChI is InChI=1S/C26H24N2O3/c1-30-24-15-20(12-13-23(24)31-18-19-7-3-2-4-8-19)17-28-25(29)16-22-10-5-9-21-11-6-14-27-26(21)22/h2-15H,16-18H2,1H3,(H,28,29). The molecule has 0 fully saturated rings. The molecule has 4 rings (SSSR count). The van der Waals surface area contributed by atoms with Gasteiger partial charge in [-0.1, -0.05) is 60.7 Å². The van der Waals surface area contributed by atoms with Crippen molar-refractivity contribution in [3.8, 4) is 11.5 Å². The maximum atomic E-state index is 12.5. The minimum Gasteiger partial charge on any atom is -0.493 e. The van der Waals surface area contributed by atoms with Crippen LogP contribution in [0.4, 0.5) is 0 Å². The third-order valence-corrected chi connectivity index (χ3v) is 5.02. The van der Waals surface area contributed by atoms with Crippen molar-refractivity contribution in [2.45, 2.75) is 19.6 Å². The molecule has 156 valence electrons. The first kappa shape index (κ1) is 20.4. The molecule has 1 amide bonds. The van der Waals surface area contributed by atoms with Crippen LogP contribution in [-0.4, -0.2) is 18.0 Å². The van der Waals surface area contributed by atoms with Crippen molar-refractivity contribution in [3.05, 3.63) is 102 Å². The van der Waals surface area contributed by atoms with E-state index in [-0.39, 0.29) is 12.3 Å². The number of hydrogen-bond acceptors (Lipinski definition) is 4. The molecular formula is C26H24N2O3. The van der Waals surface area contributed by atoms with Crippen LogP contribution in [0.5, 0.6) is 11.5 Å². The molecular weight excluding hydrogens is 388 g/mol. The van der Waals surface area contributed by atoms with E-state index >= 15 is 0 Å². The van der Waals surface area contributed by atoms with Crippen LogP contribution in [-0.2, 0) is 24.4 Å². The summed E-state index contributed by atoms with van der Waals surface area (Å²) < 4.78 is 11.4. The average molecular weight is 412 g/mol. The number of fused-ring (bicyclic) bond motifs is 1. The van der Waals surface area contributed by atoms with Gasteiger partial charge >= 0.3 is 0 Å². The highest BCUT2D eigenvalue weighted by atomic mass is 16.5. The van der Waals surface area contributed by atoms with E-state index < -0.39 is 0 Å². The van der Waals surface area contributed by atoms with E-state index in [0.29, 0.717) is 24.7 Å². The second kappa shape index (κ2) is 9.76. The molecule has 5 heteroatoms. The Hall–Kier alpha value is -3.86. The normalized spacial score (nSPS) is 10.6. The van der Waals surface area contributed by atoms with E-state index in [1.54, 1.807) is 13.3 Å². The number of aromatic nitrogens is 1. The smallest absolute Gasteiger partial charge is 0.224 e. The number of benzene rings is 3. The van der Waals surface area contributed by atoms with Crippen molar-refractivity contribution < 1.29 is 14.3 Å². The number of para-hydroxylation sites is 1. The first-order valence-corrected chi connectivity index (χ1v) is 10.2. The van der Waals surface area contributed by atoms with E-state index in [2.05, 4.69) is 10.3 Å². The predicted molar refractivity (Wildman–Crippen MR) is 121 cm³/mol. The first-order valence-electron chi connectivity index (χ1n) is 10.2. The molecule has 0 saturated heterocycles. The number of carbonyl (C=O) groups excluding carboxylic acids is 1. The van der Waals surface area contributed by atoms with Gasteiger partial charge in [0.15, 0.2) is 11.5 Å². The van der Waals surface area contributed by atoms with E-state index in [4.69, 9.17) is 9.47 Å². The Morgan fingerprint density at radius 2 is 1.74 bits per heavy atom. The van der Waals surface area contributed by atoms with E-state index in [0.717, 1.165) is 27.6 Å². The Morgan fingerprint density at radius 1 is 0.903 bits per heavy atom. The molecule has 0 spiro atoms. The van der Waals surface area contributed by atoms with Gasteiger partial charge in [0.25, 0.3) is 0 Å². The molecule has 0 radical (unpaired) electrons. The van der Waals surface area contributed by atoms with Gasteiger partial charge in [0.1, 0.15) is 6.61 Å². The molecule has 0 bridgehead atoms. The summed E-state index contributed by atoms with van der Waals surface area (Å²) in [5.41, 5.74) is 3.80. The van der Waals surface area contributed by atoms with Gasteiger partial charge in [0.05, 0.1) is 19.0 Å². The van der Waals surface area contributed by atoms with Gasteiger partial charge in [-0.3, -0.25) is 9.78 Å². The number of rotatable bonds is 8. The second-order valence-electron chi connectivity index (χ2n) is 7.21. The second-order valence-corrected chi connectivity index (χ2v) is 7.21. The number of pyridine rings is 1. The lowest BCUT2D eigenvalue weighted by molar-refractivity contribution is -0.120. The highest BCUT2D eigenvalue weighted by molar-refractivity contribution is 5.87. The van der Waals surface area contributed by atoms with Crippen molar-refractivity contribution in [1.29, 1.82) is 0 Å². The number of carbonyl (C=O) groups is 1. The Bertz CT molecular complexity index is 1170. The lowest BCUT2D eigenvalue weighted by atomic mass is 10.1. The van der Waals surface area contributed by atoms with E-state index in [1.165, 1.54) is 0 Å². The molecule has 1 N–H and O–H groups in total. The number of ether oxygens (including phenoxy) is 2. The Balaban J connectivity index is 1.37. The summed E-state index contributed by atoms with van der Waals surface area (Å²) in [4.78, 5) is 16.9. The van der Waals surface area contributed by atoms with Crippen molar-refractivity contribution in [2.75, 3.05) is 7.11 Å². The molecule has 31 heavy (non-hydrogen) atoms. The summed E-state index contributed by atoms with van der Waals surface area (Å²) in [5.74, 6) is 1.26. The Kier molecular flexibility index (Phi) is 6.43. The van der Waals surface area contributed by atoms with Crippen molar-refractivity contribution in [1.82, 2.24) is 10.3 Å². The van der Waals surface area contributed by atoms with Crippen molar-refractivity contribution >= 4 is 16.8 Å². The zero-order valence-corrected chi connectivity index (χ0v) is 17.4. The van der Waals surface area contributed by atoms with Crippen LogP contribution in [0, 0.1) is 0 Å². The fraction of sp³-hybridized carbons (Fsp3) is 0.154. The number of nitrogens with zero attached hydrogens (tertiary/aromatic N) is 1. The minimum atomic E-state index is -0.0541. The highest BCUT2D eigenvalue weighted by Crippen LogP contribution is 2.29. The fourth-order valence-corrected chi connectivity index (χ4v) is 3.42. The topological polar surface area (TPSA) is 60.5 Å². The van der Waals surface area contributed by atoms with Gasteiger partial charge in [-0.15, -0.1) is 0 Å². The van der Waals surface area contributed by atoms with Gasteiger partial charge in [-0.25, -0.2) is 0 Å². The Labute approximate surface area is 181 Å². The van der Waals surface area contributed by atoms with E-state index in [1.807, 2.05) is 78.9 Å². The third kappa shape index (κ3) is 5.20. The summed E-state index contributed by atoms with van der Waals surface area (Å²) >= 11 is 0. The van der Waals surface area contributed by atoms with Crippen LogP contribution < -0.4 is 14.8 Å². The van der Waals surface area contributed by atoms with Gasteiger partial charge in [0, 0.05) is 18.1 Å². The number of nitrogens with one attached hydrogen (secondary N) is 1. The lowest BCUT2D eigenvalue weighted by Crippen LogP contribution is -2.24. The molecule has 1 aromatic heterocycles. The quantitative estimate of drug-likeness (QED) is 0.456. The van der Waals surface area contributed by atoms with Crippen LogP contribution in [0.3, 0.4) is 0 Å². The summed E-state index contributed by atoms with van der Waals surface area (Å²) in [7, 11) is 1.61. The largest absolute Gasteiger partial charge is 0.493 e. The number of amides is 1. The first-order chi connectivity index (χ1) is 15.2. The van der Waals surface area contributed by atoms with Gasteiger partial charge in [-0.05, 0) is 34.9 Å². The summed E-state index contributed by atoms with van der Waals surface area (Å²) in [6.45, 7) is 0.874. The number of hydrogen-bond donors (Lipinski definition) is 1.